The first kappa shape index (κ1) is 13.7. The number of alkyl halides is 3. The fraction of sp³-hybridized carbons (Fsp3) is 0.111. The summed E-state index contributed by atoms with van der Waals surface area (Å²) in [6.45, 7) is 0. The van der Waals surface area contributed by atoms with E-state index >= 15 is 0 Å². The van der Waals surface area contributed by atoms with Crippen molar-refractivity contribution in [3.8, 4) is 0 Å². The lowest BCUT2D eigenvalue weighted by atomic mass is 10.1. The summed E-state index contributed by atoms with van der Waals surface area (Å²) in [6.07, 6.45) is -3.53. The second-order valence-corrected chi connectivity index (χ2v) is 3.84. The number of hydrogen-bond donors (Lipinski definition) is 2. The molecular formula is C9H7ClF3N3S. The van der Waals surface area contributed by atoms with Gasteiger partial charge in [-0.1, -0.05) is 17.7 Å². The molecule has 0 bridgehead atoms. The van der Waals surface area contributed by atoms with Crippen molar-refractivity contribution in [1.82, 2.24) is 5.43 Å². The number of nitrogens with two attached hydrogens (primary N) is 1. The standard InChI is InChI=1S/C9H7ClF3N3S/c10-6-2-1-5(4-15-16-8(14)17)7(3-6)9(11,12)13/h1-4H,(H3,14,16,17). The highest BCUT2D eigenvalue weighted by Gasteiger charge is 2.33. The van der Waals surface area contributed by atoms with Crippen LogP contribution in [0.1, 0.15) is 11.1 Å². The van der Waals surface area contributed by atoms with Gasteiger partial charge in [0.1, 0.15) is 0 Å². The highest BCUT2D eigenvalue weighted by Crippen LogP contribution is 2.33. The first-order valence-corrected chi connectivity index (χ1v) is 5.04. The molecule has 1 aromatic carbocycles. The minimum atomic E-state index is -4.50. The molecule has 0 saturated carbocycles. The predicted molar refractivity (Wildman–Crippen MR) is 64.0 cm³/mol. The Labute approximate surface area is 105 Å². The van der Waals surface area contributed by atoms with Crippen LogP contribution >= 0.6 is 23.8 Å². The maximum Gasteiger partial charge on any atom is 0.417 e. The van der Waals surface area contributed by atoms with E-state index < -0.39 is 11.7 Å². The molecule has 0 saturated heterocycles. The Morgan fingerprint density at radius 2 is 2.12 bits per heavy atom. The van der Waals surface area contributed by atoms with Crippen LogP contribution in [0.2, 0.25) is 5.02 Å². The molecule has 0 heterocycles. The van der Waals surface area contributed by atoms with Crippen molar-refractivity contribution in [3.05, 3.63) is 34.3 Å². The highest BCUT2D eigenvalue weighted by atomic mass is 35.5. The minimum absolute atomic E-state index is 0.00298. The van der Waals surface area contributed by atoms with Gasteiger partial charge in [-0.2, -0.15) is 18.3 Å². The Balaban J connectivity index is 3.07. The summed E-state index contributed by atoms with van der Waals surface area (Å²) in [6, 6.07) is 3.36. The molecule has 3 N–H and O–H groups in total. The molecule has 8 heteroatoms. The van der Waals surface area contributed by atoms with Gasteiger partial charge in [-0.25, -0.2) is 0 Å². The minimum Gasteiger partial charge on any atom is -0.375 e. The van der Waals surface area contributed by atoms with Gasteiger partial charge in [-0.15, -0.1) is 0 Å². The van der Waals surface area contributed by atoms with E-state index in [1.54, 1.807) is 0 Å². The van der Waals surface area contributed by atoms with Crippen LogP contribution < -0.4 is 11.2 Å². The summed E-state index contributed by atoms with van der Waals surface area (Å²) in [7, 11) is 0. The third-order valence-corrected chi connectivity index (χ3v) is 2.03. The topological polar surface area (TPSA) is 50.4 Å². The van der Waals surface area contributed by atoms with Gasteiger partial charge in [-0.05, 0) is 24.4 Å². The van der Waals surface area contributed by atoms with Gasteiger partial charge in [0.25, 0.3) is 0 Å². The largest absolute Gasteiger partial charge is 0.417 e. The van der Waals surface area contributed by atoms with Crippen LogP contribution in [0.25, 0.3) is 0 Å². The summed E-state index contributed by atoms with van der Waals surface area (Å²) in [5.41, 5.74) is 6.22. The molecular weight excluding hydrogens is 275 g/mol. The Kier molecular flexibility index (Phi) is 4.30. The lowest BCUT2D eigenvalue weighted by Crippen LogP contribution is -2.24. The highest BCUT2D eigenvalue weighted by molar-refractivity contribution is 7.80. The SMILES string of the molecule is NC(=S)NN=Cc1ccc(Cl)cc1C(F)(F)F. The number of hydrazone groups is 1. The predicted octanol–water partition coefficient (Wildman–Crippen LogP) is 2.53. The molecule has 0 amide bonds. The molecule has 0 spiro atoms. The first-order valence-electron chi connectivity index (χ1n) is 4.26. The van der Waals surface area contributed by atoms with Crippen molar-refractivity contribution in [2.24, 2.45) is 10.8 Å². The maximum atomic E-state index is 12.6. The Morgan fingerprint density at radius 3 is 2.65 bits per heavy atom. The summed E-state index contributed by atoms with van der Waals surface area (Å²) < 4.78 is 37.9. The van der Waals surface area contributed by atoms with Crippen LogP contribution in [-0.4, -0.2) is 11.3 Å². The number of hydrogen-bond acceptors (Lipinski definition) is 2. The molecule has 0 aliphatic carbocycles. The van der Waals surface area contributed by atoms with Crippen LogP contribution in [0.5, 0.6) is 0 Å². The van der Waals surface area contributed by atoms with Gasteiger partial charge >= 0.3 is 6.18 Å². The summed E-state index contributed by atoms with van der Waals surface area (Å²) >= 11 is 9.95. The third-order valence-electron chi connectivity index (χ3n) is 1.70. The molecule has 0 atom stereocenters. The van der Waals surface area contributed by atoms with Crippen molar-refractivity contribution >= 4 is 35.1 Å². The third kappa shape index (κ3) is 4.20. The zero-order valence-electron chi connectivity index (χ0n) is 8.25. The van der Waals surface area contributed by atoms with Gasteiger partial charge in [0.15, 0.2) is 5.11 Å². The number of nitrogens with one attached hydrogen (secondary N) is 1. The molecule has 0 aliphatic rings. The van der Waals surface area contributed by atoms with Crippen LogP contribution in [0.4, 0.5) is 13.2 Å². The molecule has 1 aromatic rings. The molecule has 17 heavy (non-hydrogen) atoms. The lowest BCUT2D eigenvalue weighted by molar-refractivity contribution is -0.137. The number of halogens is 4. The molecule has 0 aliphatic heterocycles. The van der Waals surface area contributed by atoms with E-state index in [2.05, 4.69) is 22.7 Å². The van der Waals surface area contributed by atoms with Crippen LogP contribution in [-0.2, 0) is 6.18 Å². The molecule has 3 nitrogen and oxygen atoms in total. The maximum absolute atomic E-state index is 12.6. The lowest BCUT2D eigenvalue weighted by Gasteiger charge is -2.10. The zero-order chi connectivity index (χ0) is 13.1. The number of nitrogens with zero attached hydrogens (tertiary/aromatic N) is 1. The molecule has 1 rings (SSSR count). The smallest absolute Gasteiger partial charge is 0.375 e. The summed E-state index contributed by atoms with van der Waals surface area (Å²) in [4.78, 5) is 0. The monoisotopic (exact) mass is 281 g/mol. The van der Waals surface area contributed by atoms with E-state index in [4.69, 9.17) is 17.3 Å². The van der Waals surface area contributed by atoms with Crippen molar-refractivity contribution in [2.75, 3.05) is 0 Å². The Bertz CT molecular complexity index is 459. The molecule has 0 fully saturated rings. The van der Waals surface area contributed by atoms with E-state index in [1.165, 1.54) is 12.1 Å². The van der Waals surface area contributed by atoms with Gasteiger partial charge in [0, 0.05) is 10.6 Å². The van der Waals surface area contributed by atoms with Crippen LogP contribution in [0, 0.1) is 0 Å². The fourth-order valence-corrected chi connectivity index (χ4v) is 1.28. The van der Waals surface area contributed by atoms with E-state index in [-0.39, 0.29) is 15.7 Å². The van der Waals surface area contributed by atoms with E-state index in [0.29, 0.717) is 0 Å². The summed E-state index contributed by atoms with van der Waals surface area (Å²) in [5, 5.41) is 3.32. The van der Waals surface area contributed by atoms with Gasteiger partial charge in [0.2, 0.25) is 0 Å². The second-order valence-electron chi connectivity index (χ2n) is 2.96. The molecule has 0 aromatic heterocycles. The van der Waals surface area contributed by atoms with Gasteiger partial charge in [-0.3, -0.25) is 5.43 Å². The Morgan fingerprint density at radius 1 is 1.47 bits per heavy atom. The number of thiocarbonyl (C=S) groups is 1. The average molecular weight is 282 g/mol. The van der Waals surface area contributed by atoms with Crippen LogP contribution in [0.15, 0.2) is 23.3 Å². The fourth-order valence-electron chi connectivity index (χ4n) is 1.05. The normalized spacial score (nSPS) is 11.8. The van der Waals surface area contributed by atoms with Crippen LogP contribution in [0.3, 0.4) is 0 Å². The van der Waals surface area contributed by atoms with Crippen molar-refractivity contribution in [1.29, 1.82) is 0 Å². The van der Waals surface area contributed by atoms with Crippen molar-refractivity contribution in [3.63, 3.8) is 0 Å². The second kappa shape index (κ2) is 5.33. The molecule has 92 valence electrons. The number of rotatable bonds is 2. The van der Waals surface area contributed by atoms with Crippen molar-refractivity contribution < 1.29 is 13.2 Å². The number of benzene rings is 1. The average Bonchev–Trinajstić information content (AvgIpc) is 2.18. The quantitative estimate of drug-likeness (QED) is 0.497. The zero-order valence-corrected chi connectivity index (χ0v) is 9.83. The van der Waals surface area contributed by atoms with Gasteiger partial charge in [0.05, 0.1) is 11.8 Å². The first-order chi connectivity index (χ1) is 7.80. The summed E-state index contributed by atoms with van der Waals surface area (Å²) in [5.74, 6) is 0. The van der Waals surface area contributed by atoms with E-state index in [0.717, 1.165) is 12.3 Å². The molecule has 0 unspecified atom stereocenters. The van der Waals surface area contributed by atoms with E-state index in [1.807, 2.05) is 0 Å². The molecule has 0 radical (unpaired) electrons. The van der Waals surface area contributed by atoms with Gasteiger partial charge < -0.3 is 5.73 Å². The van der Waals surface area contributed by atoms with E-state index in [9.17, 15) is 13.2 Å². The Hall–Kier alpha value is -1.34. The van der Waals surface area contributed by atoms with Crippen molar-refractivity contribution in [2.45, 2.75) is 6.18 Å².